The molecule has 0 aliphatic carbocycles. The maximum atomic E-state index is 0. The molecule has 6 heteroatoms. The van der Waals surface area contributed by atoms with E-state index < -0.39 is 0 Å². The molecule has 0 aromatic heterocycles. The van der Waals surface area contributed by atoms with Gasteiger partial charge in [-0.2, -0.15) is 0 Å². The fourth-order valence-electron chi connectivity index (χ4n) is 0. The Hall–Kier alpha value is 1.72. The Morgan fingerprint density at radius 1 is 0.500 bits per heavy atom. The van der Waals surface area contributed by atoms with Crippen LogP contribution in [0.4, 0.5) is 0 Å². The molecule has 0 saturated carbocycles. The maximum absolute atomic E-state index is 0. The van der Waals surface area contributed by atoms with E-state index in [1.54, 1.807) is 0 Å². The van der Waals surface area contributed by atoms with Gasteiger partial charge < -0.3 is 21.9 Å². The maximum Gasteiger partial charge on any atom is 3.00 e. The molecule has 6 heavy (non-hydrogen) atoms. The van der Waals surface area contributed by atoms with Crippen molar-refractivity contribution in [2.45, 2.75) is 0 Å². The van der Waals surface area contributed by atoms with Gasteiger partial charge in [0.15, 0.2) is 0 Å². The molecule has 0 heterocycles. The minimum Gasteiger partial charge on any atom is -0.870 e. The van der Waals surface area contributed by atoms with E-state index in [0.29, 0.717) is 0 Å². The predicted molar refractivity (Wildman–Crippen MR) is 13.5 cm³/mol. The Balaban J connectivity index is 0. The fourth-order valence-corrected chi connectivity index (χ4v) is 0. The standard InChI is InChI=1S/Bi.Na.4H2O/h;;4*1H2/q+3;+1;;;;/p-4. The van der Waals surface area contributed by atoms with E-state index in [0.717, 1.165) is 0 Å². The molecule has 0 atom stereocenters. The average molecular weight is 300 g/mol. The quantitative estimate of drug-likeness (QED) is 0.422. The Kier molecular flexibility index (Phi) is 1450. The molecule has 4 nitrogen and oxygen atoms in total. The third-order valence-electron chi connectivity index (χ3n) is 0. The zero-order chi connectivity index (χ0) is 0. The molecule has 0 aromatic rings. The van der Waals surface area contributed by atoms with Crippen LogP contribution in [0.2, 0.25) is 0 Å². The molecular weight excluding hydrogens is 296 g/mol. The van der Waals surface area contributed by atoms with Gasteiger partial charge in [0.2, 0.25) is 0 Å². The summed E-state index contributed by atoms with van der Waals surface area (Å²) in [6.45, 7) is 0. The summed E-state index contributed by atoms with van der Waals surface area (Å²) in [5.74, 6) is 0. The van der Waals surface area contributed by atoms with Gasteiger partial charge in [-0.3, -0.25) is 0 Å². The van der Waals surface area contributed by atoms with E-state index in [9.17, 15) is 0 Å². The summed E-state index contributed by atoms with van der Waals surface area (Å²) in [4.78, 5) is 0. The Morgan fingerprint density at radius 3 is 0.500 bits per heavy atom. The zero-order valence-corrected chi connectivity index (χ0v) is 8.71. The van der Waals surface area contributed by atoms with E-state index in [1.807, 2.05) is 0 Å². The van der Waals surface area contributed by atoms with Crippen LogP contribution in [-0.4, -0.2) is 48.1 Å². The van der Waals surface area contributed by atoms with E-state index in [1.165, 1.54) is 0 Å². The monoisotopic (exact) mass is 300 g/mol. The molecule has 0 aliphatic rings. The number of hydrogen-bond donors (Lipinski definition) is 0. The van der Waals surface area contributed by atoms with Gasteiger partial charge in [-0.15, -0.1) is 0 Å². The van der Waals surface area contributed by atoms with Crippen molar-refractivity contribution >= 4 is 26.2 Å². The Morgan fingerprint density at radius 2 is 0.500 bits per heavy atom. The second kappa shape index (κ2) is 74.2. The Bertz CT molecular complexity index is 7.51. The van der Waals surface area contributed by atoms with Gasteiger partial charge in [0.05, 0.1) is 0 Å². The molecule has 0 fully saturated rings. The fraction of sp³-hybridized carbons (Fsp3) is 0. The van der Waals surface area contributed by atoms with E-state index >= 15 is 0 Å². The predicted octanol–water partition coefficient (Wildman–Crippen LogP) is -4.08. The van der Waals surface area contributed by atoms with Gasteiger partial charge in [0, 0.05) is 0 Å². The molecule has 0 aromatic carbocycles. The van der Waals surface area contributed by atoms with Crippen molar-refractivity contribution in [3.05, 3.63) is 0 Å². The first-order valence-corrected chi connectivity index (χ1v) is 0. The first-order valence-electron chi connectivity index (χ1n) is 0. The number of rotatable bonds is 0. The van der Waals surface area contributed by atoms with E-state index in [-0.39, 0.29) is 77.7 Å². The van der Waals surface area contributed by atoms with Crippen LogP contribution in [0.15, 0.2) is 0 Å². The van der Waals surface area contributed by atoms with E-state index in [2.05, 4.69) is 0 Å². The molecule has 2 radical (unpaired) electrons. The van der Waals surface area contributed by atoms with Crippen LogP contribution in [0.3, 0.4) is 0 Å². The summed E-state index contributed by atoms with van der Waals surface area (Å²) in [5.41, 5.74) is 0. The molecule has 0 spiro atoms. The van der Waals surface area contributed by atoms with Crippen molar-refractivity contribution in [2.24, 2.45) is 0 Å². The summed E-state index contributed by atoms with van der Waals surface area (Å²) in [7, 11) is 0. The zero-order valence-electron chi connectivity index (χ0n) is 3.24. The van der Waals surface area contributed by atoms with Gasteiger partial charge in [0.1, 0.15) is 0 Å². The van der Waals surface area contributed by atoms with Crippen LogP contribution < -0.4 is 29.6 Å². The SMILES string of the molecule is [Bi+3].[Na+].[OH-].[OH-].[OH-].[OH-]. The molecule has 0 bridgehead atoms. The molecule has 0 aliphatic heterocycles. The summed E-state index contributed by atoms with van der Waals surface area (Å²) < 4.78 is 0. The molecule has 4 N–H and O–H groups in total. The third-order valence-corrected chi connectivity index (χ3v) is 0. The van der Waals surface area contributed by atoms with Gasteiger partial charge in [-0.05, 0) is 0 Å². The topological polar surface area (TPSA) is 120 Å². The first kappa shape index (κ1) is 118. The van der Waals surface area contributed by atoms with E-state index in [4.69, 9.17) is 0 Å². The summed E-state index contributed by atoms with van der Waals surface area (Å²) >= 11 is 0. The van der Waals surface area contributed by atoms with Crippen LogP contribution in [0.25, 0.3) is 0 Å². The normalized spacial score (nSPS) is 0. The van der Waals surface area contributed by atoms with Crippen molar-refractivity contribution in [2.75, 3.05) is 0 Å². The van der Waals surface area contributed by atoms with Gasteiger partial charge in [-0.25, -0.2) is 0 Å². The molecule has 0 rings (SSSR count). The van der Waals surface area contributed by atoms with Crippen molar-refractivity contribution in [3.8, 4) is 0 Å². The second-order valence-electron chi connectivity index (χ2n) is 0. The molecule has 0 amide bonds. The minimum absolute atomic E-state index is 0. The average Bonchev–Trinajstić information content (AvgIpc) is 0. The van der Waals surface area contributed by atoms with Gasteiger partial charge in [-0.1, -0.05) is 0 Å². The van der Waals surface area contributed by atoms with Crippen LogP contribution in [-0.2, 0) is 0 Å². The van der Waals surface area contributed by atoms with Crippen LogP contribution in [0.1, 0.15) is 0 Å². The smallest absolute Gasteiger partial charge is 0.870 e. The molecule has 34 valence electrons. The summed E-state index contributed by atoms with van der Waals surface area (Å²) in [6, 6.07) is 0. The third kappa shape index (κ3) is 43.0. The number of hydrogen-bond acceptors (Lipinski definition) is 4. The van der Waals surface area contributed by atoms with Crippen molar-refractivity contribution in [3.63, 3.8) is 0 Å². The second-order valence-corrected chi connectivity index (χ2v) is 0. The van der Waals surface area contributed by atoms with Crippen molar-refractivity contribution in [1.82, 2.24) is 0 Å². The van der Waals surface area contributed by atoms with Crippen LogP contribution in [0.5, 0.6) is 0 Å². The summed E-state index contributed by atoms with van der Waals surface area (Å²) in [5, 5.41) is 0. The molecule has 0 unspecified atom stereocenters. The van der Waals surface area contributed by atoms with Crippen molar-refractivity contribution < 1.29 is 51.5 Å². The van der Waals surface area contributed by atoms with Gasteiger partial charge >= 0.3 is 55.8 Å². The van der Waals surface area contributed by atoms with Gasteiger partial charge in [0.25, 0.3) is 0 Å². The minimum atomic E-state index is 0. The first-order chi connectivity index (χ1) is 0. The Labute approximate surface area is 77.0 Å². The van der Waals surface area contributed by atoms with Crippen LogP contribution in [0, 0.1) is 0 Å². The molecule has 0 saturated heterocycles. The summed E-state index contributed by atoms with van der Waals surface area (Å²) in [6.07, 6.45) is 0. The largest absolute Gasteiger partial charge is 3.00 e. The molecular formula is H4BiNaO4. The van der Waals surface area contributed by atoms with Crippen LogP contribution >= 0.6 is 0 Å². The van der Waals surface area contributed by atoms with Crippen molar-refractivity contribution in [1.29, 1.82) is 0 Å².